The first-order valence-electron chi connectivity index (χ1n) is 9.07. The number of carbonyl (C=O) groups is 1. The summed E-state index contributed by atoms with van der Waals surface area (Å²) in [5.41, 5.74) is 3.17. The Morgan fingerprint density at radius 3 is 2.52 bits per heavy atom. The van der Waals surface area contributed by atoms with Crippen LogP contribution in [0.4, 0.5) is 0 Å². The summed E-state index contributed by atoms with van der Waals surface area (Å²) >= 11 is 12.8. The molecule has 0 N–H and O–H groups in total. The molecule has 0 radical (unpaired) electrons. The number of carbonyl (C=O) groups excluding carboxylic acids is 1. The van der Waals surface area contributed by atoms with Crippen LogP contribution in [-0.4, -0.2) is 32.4 Å². The van der Waals surface area contributed by atoms with Crippen molar-refractivity contribution in [3.05, 3.63) is 94.0 Å². The first kappa shape index (κ1) is 19.4. The molecule has 2 aromatic heterocycles. The average molecular weight is 425 g/mol. The van der Waals surface area contributed by atoms with Crippen molar-refractivity contribution in [2.24, 2.45) is 0 Å². The molecule has 0 bridgehead atoms. The maximum Gasteiger partial charge on any atom is 0.255 e. The van der Waals surface area contributed by atoms with Crippen molar-refractivity contribution < 1.29 is 4.79 Å². The number of para-hydroxylation sites is 2. The lowest BCUT2D eigenvalue weighted by atomic mass is 10.2. The van der Waals surface area contributed by atoms with E-state index in [0.717, 1.165) is 22.4 Å². The molecule has 7 heteroatoms. The Kier molecular flexibility index (Phi) is 5.51. The number of rotatable bonds is 5. The number of nitrogens with zero attached hydrogens (tertiary/aromatic N) is 4. The van der Waals surface area contributed by atoms with Crippen molar-refractivity contribution in [1.82, 2.24) is 19.4 Å². The van der Waals surface area contributed by atoms with Gasteiger partial charge in [-0.25, -0.2) is 4.98 Å². The van der Waals surface area contributed by atoms with Crippen LogP contribution >= 0.6 is 23.2 Å². The van der Waals surface area contributed by atoms with Crippen LogP contribution in [0.25, 0.3) is 11.0 Å². The lowest BCUT2D eigenvalue weighted by Crippen LogP contribution is -2.28. The molecule has 0 aliphatic heterocycles. The van der Waals surface area contributed by atoms with Gasteiger partial charge in [0.2, 0.25) is 0 Å². The lowest BCUT2D eigenvalue weighted by molar-refractivity contribution is 0.0780. The molecule has 0 saturated heterocycles. The summed E-state index contributed by atoms with van der Waals surface area (Å²) in [5, 5.41) is 1.20. The van der Waals surface area contributed by atoms with Gasteiger partial charge in [-0.2, -0.15) is 0 Å². The Balaban J connectivity index is 1.71. The zero-order chi connectivity index (χ0) is 20.4. The van der Waals surface area contributed by atoms with Crippen LogP contribution < -0.4 is 0 Å². The number of fused-ring (bicyclic) bond motifs is 1. The van der Waals surface area contributed by atoms with Gasteiger partial charge in [-0.3, -0.25) is 9.78 Å². The van der Waals surface area contributed by atoms with Gasteiger partial charge in [0.05, 0.1) is 29.7 Å². The van der Waals surface area contributed by atoms with Crippen LogP contribution in [0.1, 0.15) is 21.7 Å². The molecule has 0 unspecified atom stereocenters. The fourth-order valence-electron chi connectivity index (χ4n) is 3.26. The van der Waals surface area contributed by atoms with Crippen molar-refractivity contribution in [2.75, 3.05) is 7.05 Å². The van der Waals surface area contributed by atoms with Gasteiger partial charge in [0, 0.05) is 35.1 Å². The van der Waals surface area contributed by atoms with Crippen molar-refractivity contribution in [2.45, 2.75) is 13.1 Å². The van der Waals surface area contributed by atoms with Crippen LogP contribution in [0, 0.1) is 0 Å². The van der Waals surface area contributed by atoms with E-state index in [1.165, 1.54) is 0 Å². The molecule has 0 aliphatic rings. The Bertz CT molecular complexity index is 1150. The molecule has 4 rings (SSSR count). The molecule has 0 atom stereocenters. The van der Waals surface area contributed by atoms with Gasteiger partial charge in [0.1, 0.15) is 5.82 Å². The number of hydrogen-bond acceptors (Lipinski definition) is 3. The lowest BCUT2D eigenvalue weighted by Gasteiger charge is -2.18. The number of pyridine rings is 1. The quantitative estimate of drug-likeness (QED) is 0.449. The minimum atomic E-state index is -0.118. The van der Waals surface area contributed by atoms with Gasteiger partial charge in [-0.1, -0.05) is 41.4 Å². The van der Waals surface area contributed by atoms with Crippen LogP contribution in [0.15, 0.2) is 67.0 Å². The standard InChI is InChI=1S/C22H18Cl2N4O/c1-27(22(29)15-6-5-11-25-12-15)14-21-26-19-9-2-3-10-20(19)28(21)13-16-17(23)7-4-8-18(16)24/h2-12H,13-14H2,1H3. The van der Waals surface area contributed by atoms with Gasteiger partial charge >= 0.3 is 0 Å². The second-order valence-electron chi connectivity index (χ2n) is 6.71. The third-order valence-corrected chi connectivity index (χ3v) is 5.45. The van der Waals surface area contributed by atoms with Gasteiger partial charge < -0.3 is 9.47 Å². The molecule has 0 fully saturated rings. The van der Waals surface area contributed by atoms with Crippen LogP contribution in [0.2, 0.25) is 10.0 Å². The zero-order valence-electron chi connectivity index (χ0n) is 15.7. The Labute approximate surface area is 178 Å². The summed E-state index contributed by atoms with van der Waals surface area (Å²) in [5.74, 6) is 0.634. The number of imidazole rings is 1. The van der Waals surface area contributed by atoms with Crippen molar-refractivity contribution >= 4 is 40.1 Å². The summed E-state index contributed by atoms with van der Waals surface area (Å²) in [6.07, 6.45) is 3.20. The van der Waals surface area contributed by atoms with E-state index in [2.05, 4.69) is 9.55 Å². The van der Waals surface area contributed by atoms with Gasteiger partial charge in [0.15, 0.2) is 0 Å². The number of benzene rings is 2. The molecule has 146 valence electrons. The molecule has 5 nitrogen and oxygen atoms in total. The van der Waals surface area contributed by atoms with Crippen molar-refractivity contribution in [3.63, 3.8) is 0 Å². The highest BCUT2D eigenvalue weighted by Crippen LogP contribution is 2.28. The van der Waals surface area contributed by atoms with Crippen LogP contribution in [0.5, 0.6) is 0 Å². The molecule has 29 heavy (non-hydrogen) atoms. The second kappa shape index (κ2) is 8.23. The first-order valence-corrected chi connectivity index (χ1v) is 9.82. The second-order valence-corrected chi connectivity index (χ2v) is 7.52. The summed E-state index contributed by atoms with van der Waals surface area (Å²) in [7, 11) is 1.75. The maximum atomic E-state index is 12.7. The molecule has 1 amide bonds. The number of aromatic nitrogens is 3. The van der Waals surface area contributed by atoms with E-state index >= 15 is 0 Å². The smallest absolute Gasteiger partial charge is 0.255 e. The first-order chi connectivity index (χ1) is 14.0. The number of halogens is 2. The number of hydrogen-bond donors (Lipinski definition) is 0. The molecule has 0 saturated carbocycles. The van der Waals surface area contributed by atoms with Crippen LogP contribution in [-0.2, 0) is 13.1 Å². The monoisotopic (exact) mass is 424 g/mol. The Hall–Kier alpha value is -2.89. The Morgan fingerprint density at radius 2 is 1.79 bits per heavy atom. The SMILES string of the molecule is CN(Cc1nc2ccccc2n1Cc1c(Cl)cccc1Cl)C(=O)c1cccnc1. The van der Waals surface area contributed by atoms with Crippen molar-refractivity contribution in [3.8, 4) is 0 Å². The third-order valence-electron chi connectivity index (χ3n) is 4.75. The molecule has 0 aliphatic carbocycles. The Morgan fingerprint density at radius 1 is 1.03 bits per heavy atom. The molecule has 2 heterocycles. The maximum absolute atomic E-state index is 12.7. The topological polar surface area (TPSA) is 51.0 Å². The summed E-state index contributed by atoms with van der Waals surface area (Å²) < 4.78 is 2.05. The minimum Gasteiger partial charge on any atom is -0.334 e. The zero-order valence-corrected chi connectivity index (χ0v) is 17.2. The average Bonchev–Trinajstić information content (AvgIpc) is 3.07. The van der Waals surface area contributed by atoms with E-state index in [1.54, 1.807) is 36.5 Å². The molecule has 2 aromatic carbocycles. The molecular formula is C22H18Cl2N4O. The van der Waals surface area contributed by atoms with E-state index in [9.17, 15) is 4.79 Å². The largest absolute Gasteiger partial charge is 0.334 e. The van der Waals surface area contributed by atoms with E-state index in [1.807, 2.05) is 42.5 Å². The van der Waals surface area contributed by atoms with E-state index in [-0.39, 0.29) is 5.91 Å². The fourth-order valence-corrected chi connectivity index (χ4v) is 3.77. The summed E-state index contributed by atoms with van der Waals surface area (Å²) in [6, 6.07) is 16.8. The fraction of sp³-hybridized carbons (Fsp3) is 0.136. The van der Waals surface area contributed by atoms with Crippen molar-refractivity contribution in [1.29, 1.82) is 0 Å². The molecular weight excluding hydrogens is 407 g/mol. The van der Waals surface area contributed by atoms with Gasteiger partial charge in [0.25, 0.3) is 5.91 Å². The number of amides is 1. The van der Waals surface area contributed by atoms with Gasteiger partial charge in [-0.15, -0.1) is 0 Å². The summed E-state index contributed by atoms with van der Waals surface area (Å²) in [6.45, 7) is 0.799. The minimum absolute atomic E-state index is 0.118. The highest BCUT2D eigenvalue weighted by Gasteiger charge is 2.18. The highest BCUT2D eigenvalue weighted by molar-refractivity contribution is 6.36. The van der Waals surface area contributed by atoms with E-state index in [0.29, 0.717) is 28.7 Å². The normalized spacial score (nSPS) is 11.0. The van der Waals surface area contributed by atoms with E-state index in [4.69, 9.17) is 28.2 Å². The highest BCUT2D eigenvalue weighted by atomic mass is 35.5. The van der Waals surface area contributed by atoms with Crippen LogP contribution in [0.3, 0.4) is 0 Å². The predicted octanol–water partition coefficient (Wildman–Crippen LogP) is 5.06. The van der Waals surface area contributed by atoms with E-state index < -0.39 is 0 Å². The molecule has 4 aromatic rings. The third kappa shape index (κ3) is 3.97. The predicted molar refractivity (Wildman–Crippen MR) is 115 cm³/mol. The molecule has 0 spiro atoms. The summed E-state index contributed by atoms with van der Waals surface area (Å²) in [4.78, 5) is 23.2. The van der Waals surface area contributed by atoms with Gasteiger partial charge in [-0.05, 0) is 36.4 Å².